The van der Waals surface area contributed by atoms with E-state index in [-0.39, 0.29) is 5.54 Å². The lowest BCUT2D eigenvalue weighted by atomic mass is 9.84. The molecule has 0 rings (SSSR count). The van der Waals surface area contributed by atoms with Gasteiger partial charge in [-0.1, -0.05) is 27.7 Å². The molecule has 2 heteroatoms. The Labute approximate surface area is 102 Å². The maximum absolute atomic E-state index is 5.94. The third-order valence-corrected chi connectivity index (χ3v) is 2.74. The molecule has 0 unspecified atom stereocenters. The van der Waals surface area contributed by atoms with Gasteiger partial charge in [0.05, 0.1) is 0 Å². The molecule has 0 bridgehead atoms. The fraction of sp³-hybridized carbons (Fsp3) is 1.00. The molecule has 0 fully saturated rings. The molecule has 16 heavy (non-hydrogen) atoms. The highest BCUT2D eigenvalue weighted by Crippen LogP contribution is 2.24. The number of nitrogens with two attached hydrogens (primary N) is 1. The molecule has 3 N–H and O–H groups in total. The fourth-order valence-corrected chi connectivity index (χ4v) is 2.27. The van der Waals surface area contributed by atoms with Gasteiger partial charge in [0.2, 0.25) is 0 Å². The van der Waals surface area contributed by atoms with E-state index in [1.54, 1.807) is 0 Å². The molecule has 0 aliphatic rings. The van der Waals surface area contributed by atoms with Crippen LogP contribution in [-0.4, -0.2) is 18.6 Å². The first kappa shape index (κ1) is 15.9. The van der Waals surface area contributed by atoms with Crippen LogP contribution in [0.2, 0.25) is 0 Å². The van der Waals surface area contributed by atoms with Crippen molar-refractivity contribution < 1.29 is 0 Å². The number of hydrogen-bond acceptors (Lipinski definition) is 2. The molecule has 0 radical (unpaired) electrons. The van der Waals surface area contributed by atoms with Gasteiger partial charge >= 0.3 is 0 Å². The van der Waals surface area contributed by atoms with Crippen molar-refractivity contribution in [1.29, 1.82) is 0 Å². The van der Waals surface area contributed by atoms with Crippen molar-refractivity contribution in [3.63, 3.8) is 0 Å². The van der Waals surface area contributed by atoms with Crippen LogP contribution in [0.3, 0.4) is 0 Å². The molecule has 0 atom stereocenters. The second kappa shape index (κ2) is 6.61. The SMILES string of the molecule is CC(C)CC(C)(C)CNCCCC(C)(C)N. The van der Waals surface area contributed by atoms with E-state index < -0.39 is 0 Å². The van der Waals surface area contributed by atoms with Gasteiger partial charge in [-0.15, -0.1) is 0 Å². The first-order valence-electron chi connectivity index (χ1n) is 6.62. The number of rotatable bonds is 8. The maximum Gasteiger partial charge on any atom is 0.00975 e. The second-order valence-electron chi connectivity index (χ2n) is 7.03. The summed E-state index contributed by atoms with van der Waals surface area (Å²) < 4.78 is 0. The Hall–Kier alpha value is -0.0800. The summed E-state index contributed by atoms with van der Waals surface area (Å²) in [5.74, 6) is 0.778. The fourth-order valence-electron chi connectivity index (χ4n) is 2.27. The molecule has 0 heterocycles. The summed E-state index contributed by atoms with van der Waals surface area (Å²) in [5, 5.41) is 3.55. The van der Waals surface area contributed by atoms with Crippen LogP contribution in [0.4, 0.5) is 0 Å². The Bertz CT molecular complexity index is 178. The van der Waals surface area contributed by atoms with Crippen LogP contribution in [0.1, 0.15) is 60.8 Å². The van der Waals surface area contributed by atoms with E-state index in [0.717, 1.165) is 25.4 Å². The van der Waals surface area contributed by atoms with E-state index in [4.69, 9.17) is 5.73 Å². The van der Waals surface area contributed by atoms with Gasteiger partial charge in [-0.05, 0) is 51.0 Å². The third-order valence-electron chi connectivity index (χ3n) is 2.74. The molecule has 0 aliphatic carbocycles. The Balaban J connectivity index is 3.58. The van der Waals surface area contributed by atoms with Gasteiger partial charge in [0.15, 0.2) is 0 Å². The van der Waals surface area contributed by atoms with Crippen LogP contribution in [0.15, 0.2) is 0 Å². The van der Waals surface area contributed by atoms with Gasteiger partial charge in [-0.25, -0.2) is 0 Å². The summed E-state index contributed by atoms with van der Waals surface area (Å²) in [6.45, 7) is 15.6. The van der Waals surface area contributed by atoms with Crippen molar-refractivity contribution in [1.82, 2.24) is 5.32 Å². The predicted octanol–water partition coefficient (Wildman–Crippen LogP) is 3.17. The highest BCUT2D eigenvalue weighted by Gasteiger charge is 2.18. The summed E-state index contributed by atoms with van der Waals surface area (Å²) in [6.07, 6.45) is 3.54. The molecule has 0 saturated carbocycles. The Kier molecular flexibility index (Phi) is 6.57. The topological polar surface area (TPSA) is 38.0 Å². The Morgan fingerprint density at radius 1 is 1.12 bits per heavy atom. The van der Waals surface area contributed by atoms with Crippen LogP contribution < -0.4 is 11.1 Å². The van der Waals surface area contributed by atoms with E-state index in [0.29, 0.717) is 5.41 Å². The Morgan fingerprint density at radius 3 is 2.12 bits per heavy atom. The van der Waals surface area contributed by atoms with Gasteiger partial charge in [0.1, 0.15) is 0 Å². The van der Waals surface area contributed by atoms with Crippen molar-refractivity contribution in [3.8, 4) is 0 Å². The summed E-state index contributed by atoms with van der Waals surface area (Å²) >= 11 is 0. The first-order chi connectivity index (χ1) is 7.12. The van der Waals surface area contributed by atoms with Gasteiger partial charge in [-0.3, -0.25) is 0 Å². The minimum absolute atomic E-state index is 0.0187. The molecule has 0 saturated heterocycles. The predicted molar refractivity (Wildman–Crippen MR) is 73.6 cm³/mol. The van der Waals surface area contributed by atoms with Gasteiger partial charge < -0.3 is 11.1 Å². The third kappa shape index (κ3) is 10.4. The number of hydrogen-bond donors (Lipinski definition) is 2. The summed E-state index contributed by atoms with van der Waals surface area (Å²) in [5.41, 5.74) is 6.33. The normalized spacial score (nSPS) is 13.5. The van der Waals surface area contributed by atoms with E-state index in [9.17, 15) is 0 Å². The largest absolute Gasteiger partial charge is 0.326 e. The van der Waals surface area contributed by atoms with Gasteiger partial charge in [0.25, 0.3) is 0 Å². The monoisotopic (exact) mass is 228 g/mol. The molecule has 0 aromatic heterocycles. The summed E-state index contributed by atoms with van der Waals surface area (Å²) in [7, 11) is 0. The quantitative estimate of drug-likeness (QED) is 0.626. The zero-order chi connectivity index (χ0) is 12.8. The van der Waals surface area contributed by atoms with E-state index in [2.05, 4.69) is 46.9 Å². The minimum atomic E-state index is -0.0187. The van der Waals surface area contributed by atoms with Crippen molar-refractivity contribution in [2.24, 2.45) is 17.1 Å². The number of nitrogens with one attached hydrogen (secondary N) is 1. The summed E-state index contributed by atoms with van der Waals surface area (Å²) in [4.78, 5) is 0. The Morgan fingerprint density at radius 2 is 1.69 bits per heavy atom. The lowest BCUT2D eigenvalue weighted by Crippen LogP contribution is -2.34. The zero-order valence-corrected chi connectivity index (χ0v) is 12.2. The lowest BCUT2D eigenvalue weighted by molar-refractivity contribution is 0.272. The van der Waals surface area contributed by atoms with Crippen LogP contribution in [0.5, 0.6) is 0 Å². The van der Waals surface area contributed by atoms with Crippen LogP contribution >= 0.6 is 0 Å². The van der Waals surface area contributed by atoms with Gasteiger partial charge in [0, 0.05) is 12.1 Å². The molecule has 0 aromatic carbocycles. The molecule has 0 spiro atoms. The van der Waals surface area contributed by atoms with Gasteiger partial charge in [-0.2, -0.15) is 0 Å². The maximum atomic E-state index is 5.94. The molecule has 98 valence electrons. The van der Waals surface area contributed by atoms with Crippen LogP contribution in [0, 0.1) is 11.3 Å². The standard InChI is InChI=1S/C14H32N2/c1-12(2)10-13(3,4)11-16-9-7-8-14(5,6)15/h12,16H,7-11,15H2,1-6H3. The van der Waals surface area contributed by atoms with Crippen LogP contribution in [0.25, 0.3) is 0 Å². The van der Waals surface area contributed by atoms with E-state index in [1.807, 2.05) is 0 Å². The highest BCUT2D eigenvalue weighted by atomic mass is 14.9. The molecular formula is C14H32N2. The first-order valence-corrected chi connectivity index (χ1v) is 6.62. The average Bonchev–Trinajstić information content (AvgIpc) is 1.98. The van der Waals surface area contributed by atoms with Crippen molar-refractivity contribution in [2.45, 2.75) is 66.3 Å². The second-order valence-corrected chi connectivity index (χ2v) is 7.03. The van der Waals surface area contributed by atoms with Crippen molar-refractivity contribution in [3.05, 3.63) is 0 Å². The van der Waals surface area contributed by atoms with Crippen LogP contribution in [-0.2, 0) is 0 Å². The average molecular weight is 228 g/mol. The van der Waals surface area contributed by atoms with E-state index >= 15 is 0 Å². The highest BCUT2D eigenvalue weighted by molar-refractivity contribution is 4.75. The zero-order valence-electron chi connectivity index (χ0n) is 12.2. The molecule has 0 aromatic rings. The minimum Gasteiger partial charge on any atom is -0.326 e. The summed E-state index contributed by atoms with van der Waals surface area (Å²) in [6, 6.07) is 0. The van der Waals surface area contributed by atoms with Crippen molar-refractivity contribution in [2.75, 3.05) is 13.1 Å². The molecular weight excluding hydrogens is 196 g/mol. The van der Waals surface area contributed by atoms with E-state index in [1.165, 1.54) is 12.8 Å². The molecule has 2 nitrogen and oxygen atoms in total. The smallest absolute Gasteiger partial charge is 0.00975 e. The molecule has 0 amide bonds. The lowest BCUT2D eigenvalue weighted by Gasteiger charge is -2.27. The molecule has 0 aliphatic heterocycles. The van der Waals surface area contributed by atoms with Crippen molar-refractivity contribution >= 4 is 0 Å².